The Labute approximate surface area is 77.1 Å². The molecule has 14 heavy (non-hydrogen) atoms. The third-order valence-electron chi connectivity index (χ3n) is 1.90. The molecule has 1 aromatic rings. The Morgan fingerprint density at radius 2 is 2.00 bits per heavy atom. The standard InChI is InChI=1S/C9H4F3NO/c10-4-2-1-3-5-6(4)8(14)7(11)9(12)13-5/h1-3,7H. The Hall–Kier alpha value is -1.65. The lowest BCUT2D eigenvalue weighted by Crippen LogP contribution is -2.27. The van der Waals surface area contributed by atoms with Crippen LogP contribution in [0.4, 0.5) is 18.9 Å². The van der Waals surface area contributed by atoms with Crippen molar-refractivity contribution in [1.29, 1.82) is 0 Å². The number of carbonyl (C=O) groups is 1. The molecule has 0 spiro atoms. The zero-order valence-corrected chi connectivity index (χ0v) is 6.80. The van der Waals surface area contributed by atoms with Gasteiger partial charge < -0.3 is 0 Å². The smallest absolute Gasteiger partial charge is 0.232 e. The largest absolute Gasteiger partial charge is 0.290 e. The summed E-state index contributed by atoms with van der Waals surface area (Å²) in [6.07, 6.45) is -2.47. The SMILES string of the molecule is O=C1c2c(F)cccc2N=C(F)C1F. The van der Waals surface area contributed by atoms with Gasteiger partial charge in [-0.15, -0.1) is 0 Å². The van der Waals surface area contributed by atoms with E-state index < -0.39 is 29.3 Å². The van der Waals surface area contributed by atoms with Gasteiger partial charge >= 0.3 is 0 Å². The van der Waals surface area contributed by atoms with Crippen LogP contribution in [0.3, 0.4) is 0 Å². The molecule has 5 heteroatoms. The predicted molar refractivity (Wildman–Crippen MR) is 43.8 cm³/mol. The maximum absolute atomic E-state index is 13.0. The molecule has 2 nitrogen and oxygen atoms in total. The third kappa shape index (κ3) is 1.13. The van der Waals surface area contributed by atoms with Crippen molar-refractivity contribution in [3.05, 3.63) is 29.6 Å². The van der Waals surface area contributed by atoms with Gasteiger partial charge in [0.15, 0.2) is 0 Å². The molecule has 1 aromatic carbocycles. The number of Topliss-reactive ketones (excluding diaryl/α,β-unsaturated/α-hetero) is 1. The summed E-state index contributed by atoms with van der Waals surface area (Å²) in [5.74, 6) is -3.52. The summed E-state index contributed by atoms with van der Waals surface area (Å²) in [5, 5.41) is 0. The molecule has 0 saturated carbocycles. The minimum absolute atomic E-state index is 0.165. The van der Waals surface area contributed by atoms with Crippen LogP contribution < -0.4 is 0 Å². The average molecular weight is 199 g/mol. The lowest BCUT2D eigenvalue weighted by Gasteiger charge is -2.13. The van der Waals surface area contributed by atoms with Gasteiger partial charge in [0.25, 0.3) is 0 Å². The van der Waals surface area contributed by atoms with Gasteiger partial charge in [0.05, 0.1) is 11.3 Å². The molecule has 1 atom stereocenters. The van der Waals surface area contributed by atoms with Crippen LogP contribution in [0.2, 0.25) is 0 Å². The molecule has 0 bridgehead atoms. The molecule has 0 amide bonds. The van der Waals surface area contributed by atoms with Crippen molar-refractivity contribution >= 4 is 17.4 Å². The van der Waals surface area contributed by atoms with Gasteiger partial charge in [0.1, 0.15) is 5.82 Å². The van der Waals surface area contributed by atoms with E-state index in [2.05, 4.69) is 4.99 Å². The first-order valence-electron chi connectivity index (χ1n) is 3.82. The van der Waals surface area contributed by atoms with Crippen LogP contribution in [0.1, 0.15) is 10.4 Å². The number of fused-ring (bicyclic) bond motifs is 1. The molecular formula is C9H4F3NO. The fourth-order valence-corrected chi connectivity index (χ4v) is 1.26. The zero-order valence-electron chi connectivity index (χ0n) is 6.80. The summed E-state index contributed by atoms with van der Waals surface area (Å²) in [5.41, 5.74) is -0.650. The summed E-state index contributed by atoms with van der Waals surface area (Å²) in [4.78, 5) is 14.3. The van der Waals surface area contributed by atoms with E-state index in [4.69, 9.17) is 0 Å². The van der Waals surface area contributed by atoms with E-state index in [1.54, 1.807) is 0 Å². The maximum atomic E-state index is 13.0. The second-order valence-corrected chi connectivity index (χ2v) is 2.80. The van der Waals surface area contributed by atoms with Gasteiger partial charge in [0.2, 0.25) is 17.9 Å². The second-order valence-electron chi connectivity index (χ2n) is 2.80. The fourth-order valence-electron chi connectivity index (χ4n) is 1.26. The van der Waals surface area contributed by atoms with Gasteiger partial charge in [0, 0.05) is 0 Å². The number of alkyl halides is 1. The minimum Gasteiger partial charge on any atom is -0.290 e. The number of halogens is 3. The molecule has 1 aliphatic heterocycles. The number of ketones is 1. The van der Waals surface area contributed by atoms with E-state index >= 15 is 0 Å². The Balaban J connectivity index is 2.70. The summed E-state index contributed by atoms with van der Waals surface area (Å²) >= 11 is 0. The predicted octanol–water partition coefficient (Wildman–Crippen LogP) is 2.36. The first kappa shape index (κ1) is 8.93. The molecule has 72 valence electrons. The van der Waals surface area contributed by atoms with Crippen molar-refractivity contribution in [1.82, 2.24) is 0 Å². The van der Waals surface area contributed by atoms with Crippen LogP contribution in [0.5, 0.6) is 0 Å². The first-order valence-corrected chi connectivity index (χ1v) is 3.82. The van der Waals surface area contributed by atoms with E-state index in [1.807, 2.05) is 0 Å². The number of rotatable bonds is 0. The molecule has 2 rings (SSSR count). The van der Waals surface area contributed by atoms with Crippen LogP contribution in [0.25, 0.3) is 0 Å². The van der Waals surface area contributed by atoms with Crippen LogP contribution in [0.15, 0.2) is 23.2 Å². The van der Waals surface area contributed by atoms with E-state index in [0.717, 1.165) is 6.07 Å². The van der Waals surface area contributed by atoms with Crippen LogP contribution >= 0.6 is 0 Å². The molecule has 0 aliphatic carbocycles. The summed E-state index contributed by atoms with van der Waals surface area (Å²) in [7, 11) is 0. The minimum atomic E-state index is -2.47. The Morgan fingerprint density at radius 1 is 1.29 bits per heavy atom. The Kier molecular flexibility index (Phi) is 1.87. The summed E-state index contributed by atoms with van der Waals surface area (Å²) < 4.78 is 38.5. The van der Waals surface area contributed by atoms with Crippen molar-refractivity contribution < 1.29 is 18.0 Å². The maximum Gasteiger partial charge on any atom is 0.232 e. The highest BCUT2D eigenvalue weighted by Gasteiger charge is 2.33. The van der Waals surface area contributed by atoms with E-state index in [0.29, 0.717) is 0 Å². The lowest BCUT2D eigenvalue weighted by molar-refractivity contribution is 0.0913. The number of aliphatic imine (C=N–C) groups is 1. The topological polar surface area (TPSA) is 29.4 Å². The monoisotopic (exact) mass is 199 g/mol. The highest BCUT2D eigenvalue weighted by molar-refractivity contribution is 6.17. The molecule has 0 saturated heterocycles. The van der Waals surface area contributed by atoms with Gasteiger partial charge in [-0.25, -0.2) is 13.8 Å². The Morgan fingerprint density at radius 3 is 2.71 bits per heavy atom. The van der Waals surface area contributed by atoms with Crippen LogP contribution in [-0.4, -0.2) is 17.9 Å². The van der Waals surface area contributed by atoms with E-state index in [-0.39, 0.29) is 5.69 Å². The number of benzene rings is 1. The average Bonchev–Trinajstić information content (AvgIpc) is 2.14. The normalized spacial score (nSPS) is 20.4. The highest BCUT2D eigenvalue weighted by atomic mass is 19.2. The zero-order chi connectivity index (χ0) is 10.3. The molecule has 0 aromatic heterocycles. The van der Waals surface area contributed by atoms with Crippen molar-refractivity contribution in [2.45, 2.75) is 6.17 Å². The lowest BCUT2D eigenvalue weighted by atomic mass is 10.0. The van der Waals surface area contributed by atoms with Crippen LogP contribution in [0, 0.1) is 5.82 Å². The van der Waals surface area contributed by atoms with Crippen LogP contribution in [-0.2, 0) is 0 Å². The molecule has 1 aliphatic rings. The summed E-state index contributed by atoms with van der Waals surface area (Å²) in [6.45, 7) is 0. The van der Waals surface area contributed by atoms with E-state index in [1.165, 1.54) is 12.1 Å². The van der Waals surface area contributed by atoms with E-state index in [9.17, 15) is 18.0 Å². The molecule has 0 radical (unpaired) electrons. The van der Waals surface area contributed by atoms with Crippen molar-refractivity contribution in [2.75, 3.05) is 0 Å². The number of carbonyl (C=O) groups excluding carboxylic acids is 1. The molecular weight excluding hydrogens is 195 g/mol. The molecule has 1 heterocycles. The van der Waals surface area contributed by atoms with Crippen molar-refractivity contribution in [3.8, 4) is 0 Å². The number of hydrogen-bond acceptors (Lipinski definition) is 2. The van der Waals surface area contributed by atoms with Crippen molar-refractivity contribution in [2.24, 2.45) is 4.99 Å². The third-order valence-corrected chi connectivity index (χ3v) is 1.90. The highest BCUT2D eigenvalue weighted by Crippen LogP contribution is 2.29. The number of hydrogen-bond donors (Lipinski definition) is 0. The Bertz CT molecular complexity index is 442. The molecule has 0 fully saturated rings. The second kappa shape index (κ2) is 2.94. The van der Waals surface area contributed by atoms with Gasteiger partial charge in [-0.05, 0) is 12.1 Å². The van der Waals surface area contributed by atoms with Gasteiger partial charge in [-0.3, -0.25) is 4.79 Å². The summed E-state index contributed by atoms with van der Waals surface area (Å²) in [6, 6.07) is 3.53. The molecule has 0 N–H and O–H groups in total. The first-order chi connectivity index (χ1) is 6.61. The van der Waals surface area contributed by atoms with Crippen molar-refractivity contribution in [3.63, 3.8) is 0 Å². The molecule has 1 unspecified atom stereocenters. The van der Waals surface area contributed by atoms with Gasteiger partial charge in [-0.2, -0.15) is 4.39 Å². The van der Waals surface area contributed by atoms with Gasteiger partial charge in [-0.1, -0.05) is 6.07 Å². The fraction of sp³-hybridized carbons (Fsp3) is 0.111. The number of nitrogens with zero attached hydrogens (tertiary/aromatic N) is 1. The quantitative estimate of drug-likeness (QED) is 0.630.